The second kappa shape index (κ2) is 6.74. The Bertz CT molecular complexity index is 527. The predicted molar refractivity (Wildman–Crippen MR) is 84.6 cm³/mol. The molecule has 1 aliphatic rings. The lowest BCUT2D eigenvalue weighted by atomic mass is 9.78. The Labute approximate surface area is 126 Å². The third kappa shape index (κ3) is 4.06. The molecule has 0 aliphatic heterocycles. The molecule has 114 valence electrons. The van der Waals surface area contributed by atoms with E-state index in [0.717, 1.165) is 12.8 Å². The number of benzene rings is 1. The highest BCUT2D eigenvalue weighted by Gasteiger charge is 2.28. The van der Waals surface area contributed by atoms with Gasteiger partial charge in [0.15, 0.2) is 5.78 Å². The third-order valence-electron chi connectivity index (χ3n) is 4.55. The van der Waals surface area contributed by atoms with Gasteiger partial charge in [0, 0.05) is 17.3 Å². The molecule has 0 radical (unpaired) electrons. The molecule has 0 spiro atoms. The lowest BCUT2D eigenvalue weighted by Crippen LogP contribution is -2.45. The molecule has 3 atom stereocenters. The number of hydrogen-bond acceptors (Lipinski definition) is 2. The predicted octanol–water partition coefficient (Wildman–Crippen LogP) is 3.84. The van der Waals surface area contributed by atoms with Crippen molar-refractivity contribution in [3.63, 3.8) is 0 Å². The van der Waals surface area contributed by atoms with Crippen LogP contribution in [0, 0.1) is 11.8 Å². The number of nitrogens with one attached hydrogen (secondary N) is 2. The summed E-state index contributed by atoms with van der Waals surface area (Å²) in [5, 5.41) is 5.88. The molecule has 4 nitrogen and oxygen atoms in total. The van der Waals surface area contributed by atoms with Gasteiger partial charge in [-0.2, -0.15) is 0 Å². The molecular weight excluding hydrogens is 264 g/mol. The lowest BCUT2D eigenvalue weighted by Gasteiger charge is -2.34. The summed E-state index contributed by atoms with van der Waals surface area (Å²) >= 11 is 0. The third-order valence-corrected chi connectivity index (χ3v) is 4.55. The van der Waals surface area contributed by atoms with Crippen LogP contribution in [-0.2, 0) is 0 Å². The topological polar surface area (TPSA) is 58.2 Å². The van der Waals surface area contributed by atoms with E-state index in [9.17, 15) is 9.59 Å². The van der Waals surface area contributed by atoms with Gasteiger partial charge in [0.2, 0.25) is 0 Å². The Morgan fingerprint density at radius 2 is 1.95 bits per heavy atom. The van der Waals surface area contributed by atoms with E-state index in [1.807, 2.05) is 0 Å². The molecule has 2 N–H and O–H groups in total. The van der Waals surface area contributed by atoms with Gasteiger partial charge in [-0.3, -0.25) is 4.79 Å². The van der Waals surface area contributed by atoms with Gasteiger partial charge in [0.05, 0.1) is 0 Å². The number of amides is 2. The van der Waals surface area contributed by atoms with E-state index in [1.165, 1.54) is 13.3 Å². The molecule has 0 bridgehead atoms. The Hall–Kier alpha value is -1.84. The first-order chi connectivity index (χ1) is 9.97. The summed E-state index contributed by atoms with van der Waals surface area (Å²) in [7, 11) is 0. The fourth-order valence-corrected chi connectivity index (χ4v) is 2.94. The molecule has 1 aromatic carbocycles. The van der Waals surface area contributed by atoms with Crippen molar-refractivity contribution in [1.82, 2.24) is 5.32 Å². The van der Waals surface area contributed by atoms with Crippen LogP contribution in [0.3, 0.4) is 0 Å². The van der Waals surface area contributed by atoms with E-state index >= 15 is 0 Å². The van der Waals surface area contributed by atoms with E-state index in [0.29, 0.717) is 23.1 Å². The maximum absolute atomic E-state index is 12.1. The van der Waals surface area contributed by atoms with Crippen molar-refractivity contribution in [3.05, 3.63) is 29.8 Å². The second-order valence-corrected chi connectivity index (χ2v) is 6.11. The van der Waals surface area contributed by atoms with Crippen LogP contribution in [0.2, 0.25) is 0 Å². The normalized spacial score (nSPS) is 25.2. The molecule has 1 saturated carbocycles. The minimum atomic E-state index is -0.193. The van der Waals surface area contributed by atoms with Crippen molar-refractivity contribution in [2.75, 3.05) is 5.32 Å². The summed E-state index contributed by atoms with van der Waals surface area (Å²) in [6.45, 7) is 5.96. The Kier molecular flexibility index (Phi) is 4.99. The monoisotopic (exact) mass is 288 g/mol. The summed E-state index contributed by atoms with van der Waals surface area (Å²) in [6, 6.07) is 7.05. The van der Waals surface area contributed by atoms with Gasteiger partial charge >= 0.3 is 6.03 Å². The molecule has 2 amide bonds. The van der Waals surface area contributed by atoms with E-state index in [1.54, 1.807) is 24.3 Å². The average molecular weight is 288 g/mol. The van der Waals surface area contributed by atoms with Crippen LogP contribution in [0.4, 0.5) is 10.5 Å². The smallest absolute Gasteiger partial charge is 0.319 e. The van der Waals surface area contributed by atoms with Gasteiger partial charge in [-0.15, -0.1) is 0 Å². The van der Waals surface area contributed by atoms with Crippen LogP contribution in [0.25, 0.3) is 0 Å². The van der Waals surface area contributed by atoms with Crippen LogP contribution < -0.4 is 10.6 Å². The number of carbonyl (C=O) groups is 2. The zero-order valence-corrected chi connectivity index (χ0v) is 13.0. The number of Topliss-reactive ketones (excluding diaryl/α,β-unsaturated/α-hetero) is 1. The lowest BCUT2D eigenvalue weighted by molar-refractivity contribution is 0.101. The summed E-state index contributed by atoms with van der Waals surface area (Å²) in [6.07, 6.45) is 3.43. The number of anilines is 1. The molecule has 0 aromatic heterocycles. The highest BCUT2D eigenvalue weighted by atomic mass is 16.2. The molecule has 3 unspecified atom stereocenters. The van der Waals surface area contributed by atoms with Gasteiger partial charge in [-0.05, 0) is 37.3 Å². The van der Waals surface area contributed by atoms with Crippen molar-refractivity contribution in [3.8, 4) is 0 Å². The highest BCUT2D eigenvalue weighted by Crippen LogP contribution is 2.29. The van der Waals surface area contributed by atoms with Crippen molar-refractivity contribution in [2.24, 2.45) is 11.8 Å². The van der Waals surface area contributed by atoms with Crippen molar-refractivity contribution in [1.29, 1.82) is 0 Å². The molecule has 4 heteroatoms. The molecule has 2 rings (SSSR count). The molecule has 1 aromatic rings. The minimum absolute atomic E-state index is 0.00575. The van der Waals surface area contributed by atoms with E-state index in [-0.39, 0.29) is 17.9 Å². The van der Waals surface area contributed by atoms with Gasteiger partial charge in [0.25, 0.3) is 0 Å². The van der Waals surface area contributed by atoms with Gasteiger partial charge in [0.1, 0.15) is 0 Å². The maximum atomic E-state index is 12.1. The average Bonchev–Trinajstić information content (AvgIpc) is 2.44. The van der Waals surface area contributed by atoms with Gasteiger partial charge in [-0.25, -0.2) is 4.79 Å². The number of rotatable bonds is 3. The maximum Gasteiger partial charge on any atom is 0.319 e. The number of ketones is 1. The van der Waals surface area contributed by atoms with Crippen LogP contribution >= 0.6 is 0 Å². The molecule has 0 heterocycles. The van der Waals surface area contributed by atoms with E-state index < -0.39 is 0 Å². The Balaban J connectivity index is 1.95. The first-order valence-corrected chi connectivity index (χ1v) is 7.66. The SMILES string of the molecule is CC(=O)c1cccc(NC(=O)NC2CCCC(C)C2C)c1. The van der Waals surface area contributed by atoms with Crippen LogP contribution in [0.5, 0.6) is 0 Å². The molecule has 0 saturated heterocycles. The van der Waals surface area contributed by atoms with Crippen LogP contribution in [0.15, 0.2) is 24.3 Å². The fraction of sp³-hybridized carbons (Fsp3) is 0.529. The van der Waals surface area contributed by atoms with E-state index in [2.05, 4.69) is 24.5 Å². The summed E-state index contributed by atoms with van der Waals surface area (Å²) in [4.78, 5) is 23.5. The minimum Gasteiger partial charge on any atom is -0.335 e. The van der Waals surface area contributed by atoms with Gasteiger partial charge < -0.3 is 10.6 Å². The molecule has 1 fully saturated rings. The summed E-state index contributed by atoms with van der Waals surface area (Å²) < 4.78 is 0. The molecule has 1 aliphatic carbocycles. The van der Waals surface area contributed by atoms with Crippen LogP contribution in [-0.4, -0.2) is 17.9 Å². The zero-order chi connectivity index (χ0) is 15.4. The van der Waals surface area contributed by atoms with E-state index in [4.69, 9.17) is 0 Å². The zero-order valence-electron chi connectivity index (χ0n) is 13.0. The fourth-order valence-electron chi connectivity index (χ4n) is 2.94. The Morgan fingerprint density at radius 3 is 2.67 bits per heavy atom. The Morgan fingerprint density at radius 1 is 1.19 bits per heavy atom. The summed E-state index contributed by atoms with van der Waals surface area (Å²) in [5.74, 6) is 1.13. The second-order valence-electron chi connectivity index (χ2n) is 6.11. The number of carbonyl (C=O) groups excluding carboxylic acids is 2. The number of urea groups is 1. The van der Waals surface area contributed by atoms with Gasteiger partial charge in [-0.1, -0.05) is 38.8 Å². The van der Waals surface area contributed by atoms with Crippen molar-refractivity contribution in [2.45, 2.75) is 46.1 Å². The van der Waals surface area contributed by atoms with Crippen molar-refractivity contribution >= 4 is 17.5 Å². The summed E-state index contributed by atoms with van der Waals surface area (Å²) in [5.41, 5.74) is 1.25. The van der Waals surface area contributed by atoms with Crippen molar-refractivity contribution < 1.29 is 9.59 Å². The first-order valence-electron chi connectivity index (χ1n) is 7.66. The largest absolute Gasteiger partial charge is 0.335 e. The molecule has 21 heavy (non-hydrogen) atoms. The molecular formula is C17H24N2O2. The number of hydrogen-bond donors (Lipinski definition) is 2. The first kappa shape index (κ1) is 15.5. The standard InChI is InChI=1S/C17H24N2O2/c1-11-6-4-9-16(12(11)2)19-17(21)18-15-8-5-7-14(10-15)13(3)20/h5,7-8,10-12,16H,4,6,9H2,1-3H3,(H2,18,19,21). The highest BCUT2D eigenvalue weighted by molar-refractivity contribution is 5.96. The quantitative estimate of drug-likeness (QED) is 0.830. The van der Waals surface area contributed by atoms with Crippen LogP contribution in [0.1, 0.15) is 50.4 Å².